The Labute approximate surface area is 105 Å². The minimum atomic E-state index is -2.43. The van der Waals surface area contributed by atoms with E-state index >= 15 is 0 Å². The molecule has 1 aromatic carbocycles. The van der Waals surface area contributed by atoms with Crippen LogP contribution in [0.2, 0.25) is 0 Å². The van der Waals surface area contributed by atoms with E-state index in [4.69, 9.17) is 0 Å². The summed E-state index contributed by atoms with van der Waals surface area (Å²) in [6.45, 7) is 0. The summed E-state index contributed by atoms with van der Waals surface area (Å²) < 4.78 is 34.8. The molecular weight excluding hydrogens is 332 g/mol. The first-order valence-corrected chi connectivity index (χ1v) is 4.89. The minimum absolute atomic E-state index is 0. The van der Waals surface area contributed by atoms with Gasteiger partial charge in [0.1, 0.15) is 5.82 Å². The number of halogens is 2. The molecule has 0 aliphatic carbocycles. The van der Waals surface area contributed by atoms with Crippen LogP contribution in [0.15, 0.2) is 35.5 Å². The van der Waals surface area contributed by atoms with Gasteiger partial charge in [-0.25, -0.2) is 4.39 Å². The molecular formula is C9H6FINO2S-. The van der Waals surface area contributed by atoms with Gasteiger partial charge in [0.15, 0.2) is 0 Å². The molecule has 2 rings (SSSR count). The number of hydrogen-bond donors (Lipinski definition) is 0. The van der Waals surface area contributed by atoms with E-state index in [1.807, 2.05) is 0 Å². The minimum Gasteiger partial charge on any atom is -0.768 e. The molecule has 15 heavy (non-hydrogen) atoms. The summed E-state index contributed by atoms with van der Waals surface area (Å²) >= 11 is -2.43. The van der Waals surface area contributed by atoms with Gasteiger partial charge in [-0.05, 0) is 17.1 Å². The fourth-order valence-electron chi connectivity index (χ4n) is 1.30. The highest BCUT2D eigenvalue weighted by Crippen LogP contribution is 2.22. The van der Waals surface area contributed by atoms with Gasteiger partial charge in [0.2, 0.25) is 0 Å². The maximum atomic E-state index is 13.3. The average Bonchev–Trinajstić information content (AvgIpc) is 2.17. The lowest BCUT2D eigenvalue weighted by molar-refractivity contribution is 0.537. The maximum absolute atomic E-state index is 13.3. The number of fused-ring (bicyclic) bond motifs is 1. The predicted molar refractivity (Wildman–Crippen MR) is 64.3 cm³/mol. The van der Waals surface area contributed by atoms with Gasteiger partial charge in [0.05, 0.1) is 6.20 Å². The molecule has 0 aliphatic rings. The molecule has 0 spiro atoms. The molecule has 2 aromatic rings. The molecule has 0 amide bonds. The molecule has 0 fully saturated rings. The summed E-state index contributed by atoms with van der Waals surface area (Å²) in [6.07, 6.45) is 2.42. The van der Waals surface area contributed by atoms with Crippen LogP contribution >= 0.6 is 24.0 Å². The van der Waals surface area contributed by atoms with Crippen LogP contribution in [-0.2, 0) is 11.1 Å². The first-order chi connectivity index (χ1) is 6.70. The lowest BCUT2D eigenvalue weighted by Crippen LogP contribution is -1.93. The number of pyridine rings is 1. The molecule has 0 radical (unpaired) electrons. The highest BCUT2D eigenvalue weighted by molar-refractivity contribution is 14.0. The lowest BCUT2D eigenvalue weighted by Gasteiger charge is -2.08. The van der Waals surface area contributed by atoms with Crippen molar-refractivity contribution in [1.82, 2.24) is 4.98 Å². The number of rotatable bonds is 1. The Hall–Kier alpha value is -0.600. The van der Waals surface area contributed by atoms with E-state index in [1.165, 1.54) is 12.3 Å². The molecule has 6 heteroatoms. The zero-order valence-corrected chi connectivity index (χ0v) is 10.5. The molecule has 0 bridgehead atoms. The number of hydrogen-bond acceptors (Lipinski definition) is 3. The first-order valence-electron chi connectivity index (χ1n) is 3.81. The molecule has 1 unspecified atom stereocenters. The van der Waals surface area contributed by atoms with Crippen molar-refractivity contribution >= 4 is 45.8 Å². The molecule has 0 N–H and O–H groups in total. The molecule has 0 aliphatic heterocycles. The van der Waals surface area contributed by atoms with E-state index in [1.54, 1.807) is 12.1 Å². The monoisotopic (exact) mass is 338 g/mol. The third kappa shape index (κ3) is 2.32. The molecule has 0 saturated carbocycles. The number of benzene rings is 1. The van der Waals surface area contributed by atoms with Crippen molar-refractivity contribution < 1.29 is 13.2 Å². The fraction of sp³-hybridized carbons (Fsp3) is 0. The zero-order valence-electron chi connectivity index (χ0n) is 7.34. The first kappa shape index (κ1) is 12.5. The van der Waals surface area contributed by atoms with Crippen molar-refractivity contribution in [3.8, 4) is 0 Å². The third-order valence-corrected chi connectivity index (χ3v) is 2.58. The van der Waals surface area contributed by atoms with Crippen LogP contribution in [0.25, 0.3) is 10.8 Å². The van der Waals surface area contributed by atoms with Crippen LogP contribution in [0.4, 0.5) is 4.39 Å². The van der Waals surface area contributed by atoms with E-state index < -0.39 is 16.9 Å². The van der Waals surface area contributed by atoms with Crippen LogP contribution in [0, 0.1) is 5.82 Å². The van der Waals surface area contributed by atoms with Crippen molar-refractivity contribution in [3.05, 3.63) is 36.4 Å². The zero-order chi connectivity index (χ0) is 10.1. The largest absolute Gasteiger partial charge is 0.768 e. The van der Waals surface area contributed by atoms with Gasteiger partial charge < -0.3 is 4.55 Å². The fourth-order valence-corrected chi connectivity index (χ4v) is 1.87. The highest BCUT2D eigenvalue weighted by atomic mass is 127. The Morgan fingerprint density at radius 1 is 1.33 bits per heavy atom. The van der Waals surface area contributed by atoms with E-state index in [-0.39, 0.29) is 34.3 Å². The molecule has 3 nitrogen and oxygen atoms in total. The van der Waals surface area contributed by atoms with Crippen LogP contribution in [0.5, 0.6) is 0 Å². The van der Waals surface area contributed by atoms with Crippen LogP contribution in [0.3, 0.4) is 0 Å². The molecule has 1 atom stereocenters. The van der Waals surface area contributed by atoms with Crippen LogP contribution in [-0.4, -0.2) is 13.7 Å². The second kappa shape index (κ2) is 4.95. The smallest absolute Gasteiger partial charge is 0.150 e. The lowest BCUT2D eigenvalue weighted by atomic mass is 10.2. The van der Waals surface area contributed by atoms with Crippen molar-refractivity contribution in [3.63, 3.8) is 0 Å². The SMILES string of the molecule is I.O=S([O-])c1cccc2cncc(F)c12. The van der Waals surface area contributed by atoms with Crippen molar-refractivity contribution in [2.24, 2.45) is 0 Å². The molecule has 0 saturated heterocycles. The standard InChI is InChI=1S/C9H6FNO2S.HI/c10-7-5-11-4-6-2-1-3-8(9(6)7)14(12)13;/h1-5H,(H,12,13);1H/p-1. The molecule has 80 valence electrons. The van der Waals surface area contributed by atoms with Crippen LogP contribution < -0.4 is 0 Å². The van der Waals surface area contributed by atoms with Gasteiger partial charge in [-0.15, -0.1) is 24.0 Å². The third-order valence-electron chi connectivity index (χ3n) is 1.88. The van der Waals surface area contributed by atoms with E-state index in [0.717, 1.165) is 6.20 Å². The quantitative estimate of drug-likeness (QED) is 0.592. The second-order valence-corrected chi connectivity index (χ2v) is 3.62. The Kier molecular flexibility index (Phi) is 4.12. The van der Waals surface area contributed by atoms with Crippen molar-refractivity contribution in [2.75, 3.05) is 0 Å². The van der Waals surface area contributed by atoms with Crippen LogP contribution in [0.1, 0.15) is 0 Å². The van der Waals surface area contributed by atoms with E-state index in [2.05, 4.69) is 4.98 Å². The van der Waals surface area contributed by atoms with Crippen molar-refractivity contribution in [2.45, 2.75) is 4.90 Å². The van der Waals surface area contributed by atoms with Gasteiger partial charge in [-0.1, -0.05) is 12.1 Å². The van der Waals surface area contributed by atoms with Crippen molar-refractivity contribution in [1.29, 1.82) is 0 Å². The summed E-state index contributed by atoms with van der Waals surface area (Å²) in [5.74, 6) is -0.623. The Bertz CT molecular complexity index is 515. The summed E-state index contributed by atoms with van der Waals surface area (Å²) in [5, 5.41) is 0.572. The topological polar surface area (TPSA) is 53.0 Å². The highest BCUT2D eigenvalue weighted by Gasteiger charge is 2.06. The summed E-state index contributed by atoms with van der Waals surface area (Å²) in [4.78, 5) is 3.60. The number of nitrogens with zero attached hydrogens (tertiary/aromatic N) is 1. The predicted octanol–water partition coefficient (Wildman–Crippen LogP) is 2.23. The van der Waals surface area contributed by atoms with Gasteiger partial charge in [0.25, 0.3) is 0 Å². The van der Waals surface area contributed by atoms with E-state index in [0.29, 0.717) is 5.39 Å². The Morgan fingerprint density at radius 2 is 2.07 bits per heavy atom. The Balaban J connectivity index is 0.00000112. The summed E-state index contributed by atoms with van der Waals surface area (Å²) in [7, 11) is 0. The van der Waals surface area contributed by atoms with Gasteiger partial charge >= 0.3 is 0 Å². The molecule has 1 aromatic heterocycles. The Morgan fingerprint density at radius 3 is 2.73 bits per heavy atom. The number of aromatic nitrogens is 1. The van der Waals surface area contributed by atoms with Gasteiger partial charge in [0, 0.05) is 21.9 Å². The van der Waals surface area contributed by atoms with Gasteiger partial charge in [-0.2, -0.15) is 0 Å². The average molecular weight is 338 g/mol. The van der Waals surface area contributed by atoms with E-state index in [9.17, 15) is 13.2 Å². The normalized spacial score (nSPS) is 12.1. The molecule has 1 heterocycles. The summed E-state index contributed by atoms with van der Waals surface area (Å²) in [6, 6.07) is 4.52. The van der Waals surface area contributed by atoms with Gasteiger partial charge in [-0.3, -0.25) is 9.19 Å². The maximum Gasteiger partial charge on any atom is 0.150 e. The summed E-state index contributed by atoms with van der Waals surface area (Å²) in [5.41, 5.74) is 0. The second-order valence-electron chi connectivity index (χ2n) is 2.71.